The van der Waals surface area contributed by atoms with E-state index in [2.05, 4.69) is 10.3 Å². The molecule has 0 aliphatic rings. The molecule has 0 fully saturated rings. The molecule has 1 aromatic heterocycles. The molecule has 2 aromatic rings. The van der Waals surface area contributed by atoms with Crippen molar-refractivity contribution in [3.8, 4) is 5.75 Å². The first-order valence-electron chi connectivity index (χ1n) is 5.70. The Kier molecular flexibility index (Phi) is 3.70. The lowest BCUT2D eigenvalue weighted by molar-refractivity contribution is -0.141. The molecule has 0 aliphatic heterocycles. The van der Waals surface area contributed by atoms with Gasteiger partial charge in [-0.25, -0.2) is 4.98 Å². The Labute approximate surface area is 117 Å². The number of hydrogen-bond donors (Lipinski definition) is 3. The molecule has 1 heterocycles. The topological polar surface area (TPSA) is 88.2 Å². The first-order chi connectivity index (χ1) is 9.77. The number of phenols is 1. The van der Waals surface area contributed by atoms with E-state index in [-0.39, 0.29) is 22.7 Å². The molecule has 110 valence electrons. The third-order valence-electron chi connectivity index (χ3n) is 2.59. The maximum absolute atomic E-state index is 12.4. The van der Waals surface area contributed by atoms with Gasteiger partial charge < -0.3 is 16.2 Å². The molecule has 0 aliphatic carbocycles. The van der Waals surface area contributed by atoms with Gasteiger partial charge in [0.05, 0.1) is 17.4 Å². The number of alkyl halides is 3. The zero-order valence-electron chi connectivity index (χ0n) is 10.5. The number of nitrogens with one attached hydrogen (secondary N) is 1. The zero-order chi connectivity index (χ0) is 15.6. The van der Waals surface area contributed by atoms with Crippen LogP contribution in [0.3, 0.4) is 0 Å². The number of pyridine rings is 1. The fourth-order valence-corrected chi connectivity index (χ4v) is 1.57. The number of anilines is 2. The average Bonchev–Trinajstić information content (AvgIpc) is 2.41. The third kappa shape index (κ3) is 3.41. The minimum Gasteiger partial charge on any atom is -0.508 e. The van der Waals surface area contributed by atoms with E-state index in [4.69, 9.17) is 5.73 Å². The summed E-state index contributed by atoms with van der Waals surface area (Å²) in [5.41, 5.74) is 4.75. The average molecular weight is 297 g/mol. The number of halogens is 3. The van der Waals surface area contributed by atoms with Crippen LogP contribution in [-0.2, 0) is 6.18 Å². The number of hydrogen-bond acceptors (Lipinski definition) is 4. The predicted octanol–water partition coefficient (Wildman–Crippen LogP) is 2.64. The van der Waals surface area contributed by atoms with Crippen LogP contribution >= 0.6 is 0 Å². The highest BCUT2D eigenvalue weighted by Gasteiger charge is 2.32. The second-order valence-corrected chi connectivity index (χ2v) is 4.16. The number of amides is 1. The van der Waals surface area contributed by atoms with Crippen LogP contribution in [0.4, 0.5) is 24.5 Å². The summed E-state index contributed by atoms with van der Waals surface area (Å²) in [6, 6.07) is 5.64. The number of nitrogen functional groups attached to an aromatic ring is 1. The summed E-state index contributed by atoms with van der Waals surface area (Å²) in [6.07, 6.45) is -3.65. The normalized spacial score (nSPS) is 11.2. The van der Waals surface area contributed by atoms with Crippen molar-refractivity contribution in [1.82, 2.24) is 4.98 Å². The lowest BCUT2D eigenvalue weighted by Gasteiger charge is -2.09. The third-order valence-corrected chi connectivity index (χ3v) is 2.59. The first kappa shape index (κ1) is 14.6. The summed E-state index contributed by atoms with van der Waals surface area (Å²) >= 11 is 0. The molecular weight excluding hydrogens is 287 g/mol. The van der Waals surface area contributed by atoms with Gasteiger partial charge >= 0.3 is 6.18 Å². The Morgan fingerprint density at radius 1 is 1.24 bits per heavy atom. The largest absolute Gasteiger partial charge is 0.508 e. The summed E-state index contributed by atoms with van der Waals surface area (Å²) in [4.78, 5) is 15.1. The molecule has 0 atom stereocenters. The van der Waals surface area contributed by atoms with E-state index in [0.29, 0.717) is 0 Å². The van der Waals surface area contributed by atoms with Crippen molar-refractivity contribution >= 4 is 17.3 Å². The highest BCUT2D eigenvalue weighted by molar-refractivity contribution is 6.07. The minimum absolute atomic E-state index is 0.00916. The van der Waals surface area contributed by atoms with Gasteiger partial charge in [-0.1, -0.05) is 0 Å². The van der Waals surface area contributed by atoms with Crippen LogP contribution in [0.2, 0.25) is 0 Å². The Morgan fingerprint density at radius 2 is 1.95 bits per heavy atom. The molecule has 0 saturated carbocycles. The highest BCUT2D eigenvalue weighted by atomic mass is 19.4. The molecule has 0 saturated heterocycles. The standard InChI is InChI=1S/C13H10F3N3O2/c14-13(15,16)11-4-1-7(6-18-11)19-12(21)9-5-8(20)2-3-10(9)17/h1-6,20H,17H2,(H,19,21). The number of aromatic hydroxyl groups is 1. The fraction of sp³-hybridized carbons (Fsp3) is 0.0769. The van der Waals surface area contributed by atoms with Crippen molar-refractivity contribution in [2.75, 3.05) is 11.1 Å². The smallest absolute Gasteiger partial charge is 0.433 e. The second-order valence-electron chi connectivity index (χ2n) is 4.16. The number of aromatic nitrogens is 1. The predicted molar refractivity (Wildman–Crippen MR) is 69.7 cm³/mol. The number of nitrogens with two attached hydrogens (primary N) is 1. The van der Waals surface area contributed by atoms with Gasteiger partial charge in [-0.05, 0) is 30.3 Å². The summed E-state index contributed by atoms with van der Waals surface area (Å²) in [5.74, 6) is -0.815. The zero-order valence-corrected chi connectivity index (χ0v) is 10.5. The van der Waals surface area contributed by atoms with E-state index in [0.717, 1.165) is 24.4 Å². The van der Waals surface area contributed by atoms with Gasteiger partial charge in [0.25, 0.3) is 5.91 Å². The summed E-state index contributed by atoms with van der Waals surface area (Å²) < 4.78 is 37.1. The van der Waals surface area contributed by atoms with Crippen LogP contribution in [-0.4, -0.2) is 16.0 Å². The molecule has 1 amide bonds. The second kappa shape index (κ2) is 5.31. The quantitative estimate of drug-likeness (QED) is 0.587. The highest BCUT2D eigenvalue weighted by Crippen LogP contribution is 2.28. The molecule has 5 nitrogen and oxygen atoms in total. The number of carbonyl (C=O) groups is 1. The Morgan fingerprint density at radius 3 is 2.52 bits per heavy atom. The Hall–Kier alpha value is -2.77. The van der Waals surface area contributed by atoms with Gasteiger partial charge in [-0.3, -0.25) is 4.79 Å². The molecular formula is C13H10F3N3O2. The molecule has 1 aromatic carbocycles. The van der Waals surface area contributed by atoms with E-state index in [1.165, 1.54) is 12.1 Å². The maximum atomic E-state index is 12.4. The number of rotatable bonds is 2. The number of carbonyl (C=O) groups excluding carboxylic acids is 1. The van der Waals surface area contributed by atoms with Crippen LogP contribution in [0.1, 0.15) is 16.1 Å². The molecule has 2 rings (SSSR count). The van der Waals surface area contributed by atoms with E-state index in [1.54, 1.807) is 0 Å². The van der Waals surface area contributed by atoms with E-state index in [9.17, 15) is 23.1 Å². The number of benzene rings is 1. The van der Waals surface area contributed by atoms with Crippen LogP contribution < -0.4 is 11.1 Å². The minimum atomic E-state index is -4.54. The van der Waals surface area contributed by atoms with Gasteiger partial charge in [0.1, 0.15) is 11.4 Å². The fourth-order valence-electron chi connectivity index (χ4n) is 1.57. The van der Waals surface area contributed by atoms with Crippen molar-refractivity contribution < 1.29 is 23.1 Å². The number of nitrogens with zero attached hydrogens (tertiary/aromatic N) is 1. The first-order valence-corrected chi connectivity index (χ1v) is 5.70. The van der Waals surface area contributed by atoms with Crippen LogP contribution in [0.15, 0.2) is 36.5 Å². The van der Waals surface area contributed by atoms with Crippen molar-refractivity contribution in [1.29, 1.82) is 0 Å². The Balaban J connectivity index is 2.18. The molecule has 0 spiro atoms. The molecule has 0 radical (unpaired) electrons. The van der Waals surface area contributed by atoms with Crippen LogP contribution in [0.5, 0.6) is 5.75 Å². The van der Waals surface area contributed by atoms with E-state index in [1.807, 2.05) is 0 Å². The van der Waals surface area contributed by atoms with Crippen LogP contribution in [0.25, 0.3) is 0 Å². The van der Waals surface area contributed by atoms with Crippen molar-refractivity contribution in [2.24, 2.45) is 0 Å². The maximum Gasteiger partial charge on any atom is 0.433 e. The van der Waals surface area contributed by atoms with Gasteiger partial charge in [-0.15, -0.1) is 0 Å². The van der Waals surface area contributed by atoms with E-state index < -0.39 is 17.8 Å². The molecule has 4 N–H and O–H groups in total. The summed E-state index contributed by atoms with van der Waals surface area (Å²) in [7, 11) is 0. The van der Waals surface area contributed by atoms with Gasteiger partial charge in [0.2, 0.25) is 0 Å². The van der Waals surface area contributed by atoms with Crippen molar-refractivity contribution in [3.63, 3.8) is 0 Å². The van der Waals surface area contributed by atoms with Gasteiger partial charge in [-0.2, -0.15) is 13.2 Å². The number of phenolic OH excluding ortho intramolecular Hbond substituents is 1. The SMILES string of the molecule is Nc1ccc(O)cc1C(=O)Nc1ccc(C(F)(F)F)nc1. The van der Waals surface area contributed by atoms with Crippen molar-refractivity contribution in [3.05, 3.63) is 47.8 Å². The van der Waals surface area contributed by atoms with Gasteiger partial charge in [0.15, 0.2) is 0 Å². The lowest BCUT2D eigenvalue weighted by atomic mass is 10.1. The molecule has 21 heavy (non-hydrogen) atoms. The summed E-state index contributed by atoms with van der Waals surface area (Å²) in [6.45, 7) is 0. The van der Waals surface area contributed by atoms with Crippen LogP contribution in [0, 0.1) is 0 Å². The Bertz CT molecular complexity index is 669. The van der Waals surface area contributed by atoms with E-state index >= 15 is 0 Å². The molecule has 0 unspecified atom stereocenters. The van der Waals surface area contributed by atoms with Crippen molar-refractivity contribution in [2.45, 2.75) is 6.18 Å². The summed E-state index contributed by atoms with van der Waals surface area (Å²) in [5, 5.41) is 11.7. The molecule has 8 heteroatoms. The van der Waals surface area contributed by atoms with Gasteiger partial charge in [0, 0.05) is 5.69 Å². The monoisotopic (exact) mass is 297 g/mol. The molecule has 0 bridgehead atoms. The lowest BCUT2D eigenvalue weighted by Crippen LogP contribution is -2.15.